The molecule has 1 heterocycles. The Bertz CT molecular complexity index is 640. The highest BCUT2D eigenvalue weighted by Crippen LogP contribution is 2.41. The highest BCUT2D eigenvalue weighted by Gasteiger charge is 2.33. The Labute approximate surface area is 121 Å². The van der Waals surface area contributed by atoms with Gasteiger partial charge in [-0.15, -0.1) is 0 Å². The molecule has 0 spiro atoms. The van der Waals surface area contributed by atoms with Crippen LogP contribution in [0.1, 0.15) is 25.7 Å². The molecule has 1 aliphatic carbocycles. The number of benzene rings is 1. The maximum absolute atomic E-state index is 11.9. The summed E-state index contributed by atoms with van der Waals surface area (Å²) in [4.78, 5) is 11.9. The summed E-state index contributed by atoms with van der Waals surface area (Å²) in [5.41, 5.74) is 1.53. The first-order chi connectivity index (χ1) is 9.24. The highest BCUT2D eigenvalue weighted by atomic mass is 79.9. The van der Waals surface area contributed by atoms with Gasteiger partial charge in [0.15, 0.2) is 5.43 Å². The lowest BCUT2D eigenvalue weighted by Gasteiger charge is -2.28. The Morgan fingerprint density at radius 3 is 2.63 bits per heavy atom. The molecule has 3 heteroatoms. The molecule has 0 N–H and O–H groups in total. The number of hydrogen-bond acceptors (Lipinski definition) is 1. The Balaban J connectivity index is 2.06. The van der Waals surface area contributed by atoms with Crippen LogP contribution in [0.2, 0.25) is 0 Å². The molecule has 0 atom stereocenters. The van der Waals surface area contributed by atoms with E-state index in [1.165, 1.54) is 25.7 Å². The molecule has 0 unspecified atom stereocenters. The summed E-state index contributed by atoms with van der Waals surface area (Å²) in [5.74, 6) is 0. The Morgan fingerprint density at radius 2 is 1.89 bits per heavy atom. The zero-order chi connectivity index (χ0) is 13.3. The van der Waals surface area contributed by atoms with Crippen molar-refractivity contribution in [3.8, 4) is 0 Å². The van der Waals surface area contributed by atoms with Gasteiger partial charge in [0, 0.05) is 29.5 Å². The number of nitrogens with zero attached hydrogens (tertiary/aromatic N) is 1. The number of pyridine rings is 1. The second-order valence-electron chi connectivity index (χ2n) is 5.67. The third kappa shape index (κ3) is 2.36. The van der Waals surface area contributed by atoms with Crippen molar-refractivity contribution in [3.05, 3.63) is 46.8 Å². The summed E-state index contributed by atoms with van der Waals surface area (Å²) in [5, 5.41) is 1.87. The summed E-state index contributed by atoms with van der Waals surface area (Å²) in [6.07, 6.45) is 7.15. The van der Waals surface area contributed by atoms with Gasteiger partial charge in [-0.25, -0.2) is 0 Å². The molecule has 0 aliphatic heterocycles. The molecular formula is C16H18BrNO. The van der Waals surface area contributed by atoms with Crippen LogP contribution in [-0.2, 0) is 6.54 Å². The van der Waals surface area contributed by atoms with E-state index in [9.17, 15) is 4.79 Å². The molecule has 2 nitrogen and oxygen atoms in total. The van der Waals surface area contributed by atoms with Crippen LogP contribution in [0.4, 0.5) is 0 Å². The van der Waals surface area contributed by atoms with Gasteiger partial charge in [0.1, 0.15) is 0 Å². The second-order valence-corrected chi connectivity index (χ2v) is 6.23. The van der Waals surface area contributed by atoms with Crippen LogP contribution in [-0.4, -0.2) is 9.90 Å². The van der Waals surface area contributed by atoms with E-state index in [0.29, 0.717) is 5.41 Å². The molecule has 0 saturated heterocycles. The van der Waals surface area contributed by atoms with Gasteiger partial charge in [0.2, 0.25) is 0 Å². The lowest BCUT2D eigenvalue weighted by molar-refractivity contribution is 0.296. The molecule has 0 radical (unpaired) electrons. The number of alkyl halides is 1. The monoisotopic (exact) mass is 319 g/mol. The van der Waals surface area contributed by atoms with Crippen molar-refractivity contribution < 1.29 is 0 Å². The standard InChI is InChI=1S/C16H18BrNO/c17-11-16(8-3-4-9-16)12-18-10-7-15(19)13-5-1-2-6-14(13)18/h1-2,5-7,10H,3-4,8-9,11-12H2. The molecule has 2 aromatic rings. The molecule has 1 aromatic carbocycles. The number of aromatic nitrogens is 1. The predicted octanol–water partition coefficient (Wildman–Crippen LogP) is 3.96. The maximum Gasteiger partial charge on any atom is 0.189 e. The van der Waals surface area contributed by atoms with E-state index in [4.69, 9.17) is 0 Å². The van der Waals surface area contributed by atoms with Crippen LogP contribution >= 0.6 is 15.9 Å². The van der Waals surface area contributed by atoms with Crippen LogP contribution in [0.3, 0.4) is 0 Å². The van der Waals surface area contributed by atoms with E-state index in [2.05, 4.69) is 20.5 Å². The SMILES string of the molecule is O=c1ccn(CC2(CBr)CCCC2)c2ccccc12. The fourth-order valence-corrected chi connectivity index (χ4v) is 3.96. The number of fused-ring (bicyclic) bond motifs is 1. The van der Waals surface area contributed by atoms with Gasteiger partial charge in [-0.05, 0) is 30.4 Å². The minimum Gasteiger partial charge on any atom is -0.347 e. The average Bonchev–Trinajstić information content (AvgIpc) is 2.92. The molecular weight excluding hydrogens is 302 g/mol. The minimum atomic E-state index is 0.117. The lowest BCUT2D eigenvalue weighted by atomic mass is 9.88. The van der Waals surface area contributed by atoms with Crippen molar-refractivity contribution in [2.45, 2.75) is 32.2 Å². The number of hydrogen-bond donors (Lipinski definition) is 0. The third-order valence-corrected chi connectivity index (χ3v) is 5.53. The Kier molecular flexibility index (Phi) is 3.48. The smallest absolute Gasteiger partial charge is 0.189 e. The van der Waals surface area contributed by atoms with Crippen molar-refractivity contribution in [3.63, 3.8) is 0 Å². The van der Waals surface area contributed by atoms with Gasteiger partial charge in [0.25, 0.3) is 0 Å². The molecule has 1 fully saturated rings. The van der Waals surface area contributed by atoms with Gasteiger partial charge < -0.3 is 4.57 Å². The molecule has 0 bridgehead atoms. The fraction of sp³-hybridized carbons (Fsp3) is 0.438. The zero-order valence-corrected chi connectivity index (χ0v) is 12.5. The van der Waals surface area contributed by atoms with Crippen molar-refractivity contribution in [2.24, 2.45) is 5.41 Å². The molecule has 19 heavy (non-hydrogen) atoms. The molecule has 1 saturated carbocycles. The van der Waals surface area contributed by atoms with Crippen LogP contribution < -0.4 is 5.43 Å². The van der Waals surface area contributed by atoms with E-state index in [1.54, 1.807) is 6.07 Å². The van der Waals surface area contributed by atoms with Crippen LogP contribution in [0.25, 0.3) is 10.9 Å². The normalized spacial score (nSPS) is 17.9. The molecule has 3 rings (SSSR count). The van der Waals surface area contributed by atoms with Gasteiger partial charge >= 0.3 is 0 Å². The fourth-order valence-electron chi connectivity index (χ4n) is 3.22. The van der Waals surface area contributed by atoms with Gasteiger partial charge in [-0.2, -0.15) is 0 Å². The van der Waals surface area contributed by atoms with Gasteiger partial charge in [-0.1, -0.05) is 40.9 Å². The number of para-hydroxylation sites is 1. The Hall–Kier alpha value is -1.09. The van der Waals surface area contributed by atoms with Crippen molar-refractivity contribution in [1.82, 2.24) is 4.57 Å². The summed E-state index contributed by atoms with van der Waals surface area (Å²) >= 11 is 3.69. The van der Waals surface area contributed by atoms with Crippen molar-refractivity contribution in [1.29, 1.82) is 0 Å². The van der Waals surface area contributed by atoms with Crippen LogP contribution in [0.15, 0.2) is 41.3 Å². The largest absolute Gasteiger partial charge is 0.347 e. The van der Waals surface area contributed by atoms with Crippen LogP contribution in [0.5, 0.6) is 0 Å². The van der Waals surface area contributed by atoms with Crippen molar-refractivity contribution in [2.75, 3.05) is 5.33 Å². The lowest BCUT2D eigenvalue weighted by Crippen LogP contribution is -2.26. The minimum absolute atomic E-state index is 0.117. The third-order valence-electron chi connectivity index (χ3n) is 4.34. The van der Waals surface area contributed by atoms with E-state index in [-0.39, 0.29) is 5.43 Å². The quantitative estimate of drug-likeness (QED) is 0.785. The highest BCUT2D eigenvalue weighted by molar-refractivity contribution is 9.09. The molecule has 100 valence electrons. The first-order valence-corrected chi connectivity index (χ1v) is 8.00. The maximum atomic E-state index is 11.9. The van der Waals surface area contributed by atoms with E-state index in [0.717, 1.165) is 22.8 Å². The average molecular weight is 320 g/mol. The van der Waals surface area contributed by atoms with E-state index >= 15 is 0 Å². The summed E-state index contributed by atoms with van der Waals surface area (Å²) in [7, 11) is 0. The summed E-state index contributed by atoms with van der Waals surface area (Å²) < 4.78 is 2.25. The number of rotatable bonds is 3. The first kappa shape index (κ1) is 12.9. The summed E-state index contributed by atoms with van der Waals surface area (Å²) in [6.45, 7) is 0.999. The van der Waals surface area contributed by atoms with Gasteiger partial charge in [0.05, 0.1) is 5.52 Å². The van der Waals surface area contributed by atoms with Crippen LogP contribution in [0, 0.1) is 5.41 Å². The molecule has 1 aliphatic rings. The summed E-state index contributed by atoms with van der Waals surface area (Å²) in [6, 6.07) is 9.61. The Morgan fingerprint density at radius 1 is 1.16 bits per heavy atom. The number of halogens is 1. The first-order valence-electron chi connectivity index (χ1n) is 6.88. The van der Waals surface area contributed by atoms with E-state index in [1.807, 2.05) is 30.5 Å². The predicted molar refractivity (Wildman–Crippen MR) is 82.9 cm³/mol. The second kappa shape index (κ2) is 5.12. The molecule has 1 aromatic heterocycles. The topological polar surface area (TPSA) is 22.0 Å². The zero-order valence-electron chi connectivity index (χ0n) is 10.9. The van der Waals surface area contributed by atoms with Gasteiger partial charge in [-0.3, -0.25) is 4.79 Å². The van der Waals surface area contributed by atoms with E-state index < -0.39 is 0 Å². The van der Waals surface area contributed by atoms with Crippen molar-refractivity contribution >= 4 is 26.8 Å². The molecule has 0 amide bonds.